The van der Waals surface area contributed by atoms with E-state index in [4.69, 9.17) is 4.42 Å². The standard InChI is InChI=1S/C20H22N6O5/c1-12-17-13(2)31-20(18(17)19(28)23-22-12)21-16(27)11-24-7-9-25(10-8-24)14-5-3-4-6-15(14)26(29)30/h3-6H,7-11H2,1-2H3,(H,21,27)(H,23,28). The van der Waals surface area contributed by atoms with Crippen LogP contribution < -0.4 is 15.8 Å². The number of hydrogen-bond donors (Lipinski definition) is 2. The molecule has 0 aliphatic carbocycles. The lowest BCUT2D eigenvalue weighted by Crippen LogP contribution is -2.48. The number of fused-ring (bicyclic) bond motifs is 1. The largest absolute Gasteiger partial charge is 0.444 e. The molecule has 0 radical (unpaired) electrons. The van der Waals surface area contributed by atoms with Gasteiger partial charge in [0.2, 0.25) is 11.8 Å². The van der Waals surface area contributed by atoms with Crippen molar-refractivity contribution < 1.29 is 14.1 Å². The number of furan rings is 1. The first-order valence-corrected chi connectivity index (χ1v) is 9.84. The van der Waals surface area contributed by atoms with Crippen LogP contribution in [0.5, 0.6) is 0 Å². The molecule has 1 aromatic carbocycles. The van der Waals surface area contributed by atoms with Gasteiger partial charge in [-0.05, 0) is 19.9 Å². The van der Waals surface area contributed by atoms with Crippen molar-refractivity contribution in [2.75, 3.05) is 42.9 Å². The second kappa shape index (κ2) is 8.19. The van der Waals surface area contributed by atoms with E-state index < -0.39 is 5.56 Å². The first kappa shape index (κ1) is 20.5. The molecule has 0 atom stereocenters. The van der Waals surface area contributed by atoms with Gasteiger partial charge in [-0.15, -0.1) is 0 Å². The number of aryl methyl sites for hydroxylation is 2. The number of benzene rings is 1. The molecule has 1 amide bonds. The molecule has 0 saturated carbocycles. The Hall–Kier alpha value is -3.73. The molecule has 2 N–H and O–H groups in total. The molecule has 3 heterocycles. The Morgan fingerprint density at radius 1 is 1.23 bits per heavy atom. The minimum atomic E-state index is -0.425. The van der Waals surface area contributed by atoms with E-state index in [1.165, 1.54) is 6.07 Å². The molecule has 2 aromatic heterocycles. The molecule has 0 bridgehead atoms. The number of hydrogen-bond acceptors (Lipinski definition) is 8. The van der Waals surface area contributed by atoms with Crippen molar-refractivity contribution in [1.82, 2.24) is 15.1 Å². The summed E-state index contributed by atoms with van der Waals surface area (Å²) >= 11 is 0. The predicted molar refractivity (Wildman–Crippen MR) is 114 cm³/mol. The highest BCUT2D eigenvalue weighted by molar-refractivity contribution is 6.01. The maximum Gasteiger partial charge on any atom is 0.292 e. The lowest BCUT2D eigenvalue weighted by atomic mass is 10.2. The number of nitrogens with one attached hydrogen (secondary N) is 2. The summed E-state index contributed by atoms with van der Waals surface area (Å²) in [4.78, 5) is 39.6. The highest BCUT2D eigenvalue weighted by Gasteiger charge is 2.25. The molecule has 0 unspecified atom stereocenters. The summed E-state index contributed by atoms with van der Waals surface area (Å²) in [6.45, 7) is 5.85. The fraction of sp³-hybridized carbons (Fsp3) is 0.350. The van der Waals surface area contributed by atoms with Crippen molar-refractivity contribution in [2.24, 2.45) is 0 Å². The van der Waals surface area contributed by atoms with Gasteiger partial charge in [0.1, 0.15) is 16.8 Å². The summed E-state index contributed by atoms with van der Waals surface area (Å²) in [6, 6.07) is 6.64. The Morgan fingerprint density at radius 3 is 2.65 bits per heavy atom. The van der Waals surface area contributed by atoms with Gasteiger partial charge in [0.15, 0.2) is 0 Å². The number of aromatic amines is 1. The zero-order chi connectivity index (χ0) is 22.1. The van der Waals surface area contributed by atoms with Crippen molar-refractivity contribution in [1.29, 1.82) is 0 Å². The molecule has 1 aliphatic rings. The number of aromatic nitrogens is 2. The topological polar surface area (TPSA) is 138 Å². The van der Waals surface area contributed by atoms with Crippen LogP contribution in [0.15, 0.2) is 33.5 Å². The summed E-state index contributed by atoms with van der Waals surface area (Å²) in [5, 5.41) is 21.2. The van der Waals surface area contributed by atoms with Crippen molar-refractivity contribution in [3.63, 3.8) is 0 Å². The third kappa shape index (κ3) is 3.99. The maximum absolute atomic E-state index is 12.6. The zero-order valence-electron chi connectivity index (χ0n) is 17.2. The molecule has 3 aromatic rings. The van der Waals surface area contributed by atoms with E-state index in [0.29, 0.717) is 48.7 Å². The molecule has 11 nitrogen and oxygen atoms in total. The number of rotatable bonds is 5. The van der Waals surface area contributed by atoms with E-state index in [1.807, 2.05) is 9.80 Å². The quantitative estimate of drug-likeness (QED) is 0.465. The second-order valence-electron chi connectivity index (χ2n) is 7.43. The molecular weight excluding hydrogens is 404 g/mol. The third-order valence-corrected chi connectivity index (χ3v) is 5.41. The van der Waals surface area contributed by atoms with Gasteiger partial charge in [-0.1, -0.05) is 12.1 Å². The Labute approximate surface area is 176 Å². The smallest absolute Gasteiger partial charge is 0.292 e. The van der Waals surface area contributed by atoms with E-state index in [0.717, 1.165) is 0 Å². The van der Waals surface area contributed by atoms with E-state index in [9.17, 15) is 19.7 Å². The van der Waals surface area contributed by atoms with Crippen LogP contribution in [0.3, 0.4) is 0 Å². The van der Waals surface area contributed by atoms with Gasteiger partial charge < -0.3 is 9.32 Å². The van der Waals surface area contributed by atoms with Crippen LogP contribution in [0, 0.1) is 24.0 Å². The van der Waals surface area contributed by atoms with Crippen LogP contribution >= 0.6 is 0 Å². The number of carbonyl (C=O) groups is 1. The van der Waals surface area contributed by atoms with Gasteiger partial charge in [-0.3, -0.25) is 29.9 Å². The Morgan fingerprint density at radius 2 is 1.94 bits per heavy atom. The Bertz CT molecular complexity index is 1210. The monoisotopic (exact) mass is 426 g/mol. The van der Waals surface area contributed by atoms with Gasteiger partial charge in [0.05, 0.1) is 22.5 Å². The molecule has 11 heteroatoms. The number of carbonyl (C=O) groups excluding carboxylic acids is 1. The number of para-hydroxylation sites is 2. The molecule has 4 rings (SSSR count). The number of nitro benzene ring substituents is 1. The fourth-order valence-electron chi connectivity index (χ4n) is 3.93. The number of nitro groups is 1. The van der Waals surface area contributed by atoms with Gasteiger partial charge in [-0.2, -0.15) is 5.10 Å². The van der Waals surface area contributed by atoms with Crippen LogP contribution in [0.4, 0.5) is 17.3 Å². The zero-order valence-corrected chi connectivity index (χ0v) is 17.2. The maximum atomic E-state index is 12.6. The van der Waals surface area contributed by atoms with Gasteiger partial charge in [0, 0.05) is 32.2 Å². The van der Waals surface area contributed by atoms with Crippen LogP contribution in [0.2, 0.25) is 0 Å². The molecule has 1 saturated heterocycles. The lowest BCUT2D eigenvalue weighted by molar-refractivity contribution is -0.384. The number of anilines is 2. The number of piperazine rings is 1. The van der Waals surface area contributed by atoms with Crippen molar-refractivity contribution >= 4 is 33.9 Å². The number of H-pyrrole nitrogens is 1. The van der Waals surface area contributed by atoms with Crippen molar-refractivity contribution in [3.8, 4) is 0 Å². The summed E-state index contributed by atoms with van der Waals surface area (Å²) in [6.07, 6.45) is 0. The van der Waals surface area contributed by atoms with Gasteiger partial charge in [-0.25, -0.2) is 5.10 Å². The molecule has 1 fully saturated rings. The molecule has 162 valence electrons. The average Bonchev–Trinajstić information content (AvgIpc) is 3.08. The van der Waals surface area contributed by atoms with Crippen LogP contribution in [-0.4, -0.2) is 58.7 Å². The minimum absolute atomic E-state index is 0.0729. The van der Waals surface area contributed by atoms with Crippen LogP contribution in [0.1, 0.15) is 11.5 Å². The highest BCUT2D eigenvalue weighted by Crippen LogP contribution is 2.29. The summed E-state index contributed by atoms with van der Waals surface area (Å²) in [5.74, 6) is 0.325. The Kier molecular flexibility index (Phi) is 5.42. The molecule has 0 spiro atoms. The predicted octanol–water partition coefficient (Wildman–Crippen LogP) is 1.80. The van der Waals surface area contributed by atoms with E-state index in [2.05, 4.69) is 15.5 Å². The average molecular weight is 426 g/mol. The van der Waals surface area contributed by atoms with Crippen LogP contribution in [-0.2, 0) is 4.79 Å². The second-order valence-corrected chi connectivity index (χ2v) is 7.43. The third-order valence-electron chi connectivity index (χ3n) is 5.41. The first-order chi connectivity index (χ1) is 14.8. The molecule has 31 heavy (non-hydrogen) atoms. The van der Waals surface area contributed by atoms with E-state index in [1.54, 1.807) is 32.0 Å². The highest BCUT2D eigenvalue weighted by atomic mass is 16.6. The fourth-order valence-corrected chi connectivity index (χ4v) is 3.93. The van der Waals surface area contributed by atoms with Crippen molar-refractivity contribution in [2.45, 2.75) is 13.8 Å². The number of amides is 1. The summed E-state index contributed by atoms with van der Waals surface area (Å²) < 4.78 is 5.61. The molecule has 1 aliphatic heterocycles. The summed E-state index contributed by atoms with van der Waals surface area (Å²) in [5.41, 5.74) is 0.842. The summed E-state index contributed by atoms with van der Waals surface area (Å²) in [7, 11) is 0. The molecular formula is C20H22N6O5. The first-order valence-electron chi connectivity index (χ1n) is 9.84. The van der Waals surface area contributed by atoms with E-state index >= 15 is 0 Å². The minimum Gasteiger partial charge on any atom is -0.444 e. The van der Waals surface area contributed by atoms with Gasteiger partial charge in [0.25, 0.3) is 11.2 Å². The SMILES string of the molecule is Cc1n[nH]c(=O)c2c(NC(=O)CN3CCN(c4ccccc4[N+](=O)[O-])CC3)oc(C)c12. The Balaban J connectivity index is 1.41. The lowest BCUT2D eigenvalue weighted by Gasteiger charge is -2.35. The van der Waals surface area contributed by atoms with Crippen LogP contribution in [0.25, 0.3) is 10.8 Å². The number of nitrogens with zero attached hydrogens (tertiary/aromatic N) is 4. The normalized spacial score (nSPS) is 14.7. The van der Waals surface area contributed by atoms with Gasteiger partial charge >= 0.3 is 0 Å². The van der Waals surface area contributed by atoms with E-state index in [-0.39, 0.29) is 34.3 Å². The van der Waals surface area contributed by atoms with Crippen molar-refractivity contribution in [3.05, 3.63) is 56.2 Å².